The quantitative estimate of drug-likeness (QED) is 0.762. The van der Waals surface area contributed by atoms with Crippen LogP contribution in [-0.2, 0) is 14.4 Å². The molecule has 27 heavy (non-hydrogen) atoms. The second-order valence-electron chi connectivity index (χ2n) is 5.95. The van der Waals surface area contributed by atoms with Gasteiger partial charge in [0.2, 0.25) is 17.7 Å². The zero-order valence-electron chi connectivity index (χ0n) is 16.0. The van der Waals surface area contributed by atoms with Gasteiger partial charge in [-0.25, -0.2) is 0 Å². The fourth-order valence-corrected chi connectivity index (χ4v) is 2.01. The molecule has 0 unspecified atom stereocenters. The van der Waals surface area contributed by atoms with Crippen LogP contribution < -0.4 is 0 Å². The van der Waals surface area contributed by atoms with E-state index in [1.807, 2.05) is 0 Å². The van der Waals surface area contributed by atoms with Crippen LogP contribution in [0.5, 0.6) is 0 Å². The number of hydrogen-bond acceptors (Lipinski definition) is 6. The molecule has 0 saturated heterocycles. The van der Waals surface area contributed by atoms with Crippen LogP contribution in [0.1, 0.15) is 51.8 Å². The summed E-state index contributed by atoms with van der Waals surface area (Å²) in [6, 6.07) is 3.57. The molecule has 9 heteroatoms. The molecule has 0 spiro atoms. The third kappa shape index (κ3) is 4.84. The maximum absolute atomic E-state index is 12.5. The van der Waals surface area contributed by atoms with E-state index in [-0.39, 0.29) is 16.7 Å². The van der Waals surface area contributed by atoms with Crippen molar-refractivity contribution in [2.75, 3.05) is 21.1 Å². The molecule has 9 nitrogen and oxygen atoms in total. The lowest BCUT2D eigenvalue weighted by Gasteiger charge is -2.18. The Morgan fingerprint density at radius 2 is 0.704 bits per heavy atom. The highest BCUT2D eigenvalue weighted by Gasteiger charge is 2.24. The standard InChI is InChI=1S/C18H21N3O6/c1-10(22)19(4)16(25)13-7-14(17(26)20(5)11(2)23)9-15(8-13)18(27)21(6)12(3)24/h7-9H,1-6H3. The Morgan fingerprint density at radius 3 is 0.852 bits per heavy atom. The van der Waals surface area contributed by atoms with Crippen LogP contribution in [0.2, 0.25) is 0 Å². The molecule has 0 aliphatic carbocycles. The highest BCUT2D eigenvalue weighted by molar-refractivity contribution is 6.11. The predicted octanol–water partition coefficient (Wildman–Crippen LogP) is 0.542. The van der Waals surface area contributed by atoms with Gasteiger partial charge in [-0.3, -0.25) is 43.5 Å². The summed E-state index contributed by atoms with van der Waals surface area (Å²) in [4.78, 5) is 74.2. The number of hydrogen-bond donors (Lipinski definition) is 0. The van der Waals surface area contributed by atoms with Crippen LogP contribution >= 0.6 is 0 Å². The SMILES string of the molecule is CC(=O)N(C)C(=O)c1cc(C(=O)N(C)C(C)=O)cc(C(=O)N(C)C(C)=O)c1. The van der Waals surface area contributed by atoms with Gasteiger partial charge in [0.25, 0.3) is 17.7 Å². The van der Waals surface area contributed by atoms with Gasteiger partial charge in [0.1, 0.15) is 0 Å². The average molecular weight is 375 g/mol. The Bertz CT molecular complexity index is 724. The minimum absolute atomic E-state index is 0.101. The van der Waals surface area contributed by atoms with Gasteiger partial charge in [0, 0.05) is 58.6 Å². The Balaban J connectivity index is 3.56. The summed E-state index contributed by atoms with van der Waals surface area (Å²) in [5.41, 5.74) is -0.303. The molecule has 0 saturated carbocycles. The van der Waals surface area contributed by atoms with E-state index in [0.717, 1.165) is 14.7 Å². The summed E-state index contributed by atoms with van der Waals surface area (Å²) in [6.07, 6.45) is 0. The van der Waals surface area contributed by atoms with Gasteiger partial charge in [0.15, 0.2) is 0 Å². The normalized spacial score (nSPS) is 10.0. The van der Waals surface area contributed by atoms with Crippen LogP contribution in [0.3, 0.4) is 0 Å². The first kappa shape index (κ1) is 21.7. The third-order valence-electron chi connectivity index (χ3n) is 4.00. The molecular formula is C18H21N3O6. The first-order valence-corrected chi connectivity index (χ1v) is 7.89. The summed E-state index contributed by atoms with van der Waals surface area (Å²) in [5, 5.41) is 0. The van der Waals surface area contributed by atoms with E-state index >= 15 is 0 Å². The molecule has 0 radical (unpaired) electrons. The summed E-state index contributed by atoms with van der Waals surface area (Å²) >= 11 is 0. The Morgan fingerprint density at radius 1 is 0.519 bits per heavy atom. The van der Waals surface area contributed by atoms with E-state index in [9.17, 15) is 28.8 Å². The Hall–Kier alpha value is -3.36. The fraction of sp³-hybridized carbons (Fsp3) is 0.333. The summed E-state index contributed by atoms with van der Waals surface area (Å²) in [6.45, 7) is 3.56. The summed E-state index contributed by atoms with van der Waals surface area (Å²) in [7, 11) is 3.76. The van der Waals surface area contributed by atoms with E-state index in [0.29, 0.717) is 0 Å². The van der Waals surface area contributed by atoms with Crippen molar-refractivity contribution in [1.82, 2.24) is 14.7 Å². The average Bonchev–Trinajstić information content (AvgIpc) is 2.63. The van der Waals surface area contributed by atoms with Crippen molar-refractivity contribution in [2.24, 2.45) is 0 Å². The first-order chi connectivity index (χ1) is 12.4. The van der Waals surface area contributed by atoms with Gasteiger partial charge in [-0.15, -0.1) is 0 Å². The first-order valence-electron chi connectivity index (χ1n) is 7.89. The number of amides is 6. The fourth-order valence-electron chi connectivity index (χ4n) is 2.01. The Kier molecular flexibility index (Phi) is 6.70. The zero-order chi connectivity index (χ0) is 21.0. The molecule has 0 bridgehead atoms. The van der Waals surface area contributed by atoms with Crippen molar-refractivity contribution in [3.8, 4) is 0 Å². The molecular weight excluding hydrogens is 354 g/mol. The van der Waals surface area contributed by atoms with Crippen molar-refractivity contribution in [3.05, 3.63) is 34.9 Å². The lowest BCUT2D eigenvalue weighted by molar-refractivity contribution is -0.126. The second kappa shape index (κ2) is 8.35. The van der Waals surface area contributed by atoms with Crippen molar-refractivity contribution >= 4 is 35.4 Å². The summed E-state index contributed by atoms with van der Waals surface area (Å²) in [5.74, 6) is -3.81. The van der Waals surface area contributed by atoms with Gasteiger partial charge < -0.3 is 0 Å². The number of imide groups is 3. The minimum atomic E-state index is -0.734. The van der Waals surface area contributed by atoms with E-state index in [4.69, 9.17) is 0 Å². The van der Waals surface area contributed by atoms with Gasteiger partial charge in [-0.2, -0.15) is 0 Å². The smallest absolute Gasteiger partial charge is 0.260 e. The highest BCUT2D eigenvalue weighted by atomic mass is 16.2. The highest BCUT2D eigenvalue weighted by Crippen LogP contribution is 2.16. The lowest BCUT2D eigenvalue weighted by Crippen LogP contribution is -2.34. The molecule has 0 aromatic heterocycles. The van der Waals surface area contributed by atoms with E-state index < -0.39 is 35.4 Å². The molecule has 1 aromatic carbocycles. The molecule has 0 atom stereocenters. The van der Waals surface area contributed by atoms with Crippen molar-refractivity contribution < 1.29 is 28.8 Å². The van der Waals surface area contributed by atoms with E-state index in [1.165, 1.54) is 60.1 Å². The number of rotatable bonds is 3. The van der Waals surface area contributed by atoms with Crippen molar-refractivity contribution in [1.29, 1.82) is 0 Å². The number of benzene rings is 1. The maximum Gasteiger partial charge on any atom is 0.260 e. The number of carbonyl (C=O) groups is 6. The molecule has 0 aliphatic rings. The number of nitrogens with zero attached hydrogens (tertiary/aromatic N) is 3. The van der Waals surface area contributed by atoms with Crippen LogP contribution in [-0.4, -0.2) is 71.3 Å². The molecule has 1 rings (SSSR count). The molecule has 144 valence electrons. The van der Waals surface area contributed by atoms with Crippen LogP contribution in [0.25, 0.3) is 0 Å². The van der Waals surface area contributed by atoms with Crippen molar-refractivity contribution in [3.63, 3.8) is 0 Å². The van der Waals surface area contributed by atoms with E-state index in [2.05, 4.69) is 0 Å². The topological polar surface area (TPSA) is 112 Å². The maximum atomic E-state index is 12.5. The van der Waals surface area contributed by atoms with Crippen molar-refractivity contribution in [2.45, 2.75) is 20.8 Å². The van der Waals surface area contributed by atoms with Crippen LogP contribution in [0, 0.1) is 0 Å². The van der Waals surface area contributed by atoms with E-state index in [1.54, 1.807) is 0 Å². The summed E-state index contributed by atoms with van der Waals surface area (Å²) < 4.78 is 0. The van der Waals surface area contributed by atoms with Crippen LogP contribution in [0.4, 0.5) is 0 Å². The zero-order valence-corrected chi connectivity index (χ0v) is 16.0. The molecule has 0 N–H and O–H groups in total. The van der Waals surface area contributed by atoms with Gasteiger partial charge in [-0.05, 0) is 18.2 Å². The molecule has 1 aromatic rings. The molecule has 0 aliphatic heterocycles. The van der Waals surface area contributed by atoms with Crippen LogP contribution in [0.15, 0.2) is 18.2 Å². The van der Waals surface area contributed by atoms with Gasteiger partial charge >= 0.3 is 0 Å². The van der Waals surface area contributed by atoms with Gasteiger partial charge in [0.05, 0.1) is 0 Å². The Labute approximate surface area is 156 Å². The molecule has 6 amide bonds. The lowest BCUT2D eigenvalue weighted by atomic mass is 10.0. The predicted molar refractivity (Wildman–Crippen MR) is 94.8 cm³/mol. The monoisotopic (exact) mass is 375 g/mol. The third-order valence-corrected chi connectivity index (χ3v) is 4.00. The largest absolute Gasteiger partial charge is 0.282 e. The molecule has 0 fully saturated rings. The van der Waals surface area contributed by atoms with Gasteiger partial charge in [-0.1, -0.05) is 0 Å². The minimum Gasteiger partial charge on any atom is -0.282 e. The molecule has 0 heterocycles. The number of carbonyl (C=O) groups excluding carboxylic acids is 6. The second-order valence-corrected chi connectivity index (χ2v) is 5.95.